The number of rotatable bonds is 5. The van der Waals surface area contributed by atoms with Crippen LogP contribution in [0, 0.1) is 0 Å². The maximum absolute atomic E-state index is 11.8. The van der Waals surface area contributed by atoms with E-state index in [9.17, 15) is 4.79 Å². The molecule has 1 amide bonds. The summed E-state index contributed by atoms with van der Waals surface area (Å²) in [7, 11) is 3.50. The molecule has 0 unspecified atom stereocenters. The number of aliphatic imine (C=N–C) groups is 1. The number of hydrogen-bond donors (Lipinski definition) is 1. The largest absolute Gasteiger partial charge is 0.360 e. The fourth-order valence-electron chi connectivity index (χ4n) is 2.37. The van der Waals surface area contributed by atoms with Gasteiger partial charge < -0.3 is 20.0 Å². The minimum atomic E-state index is 0.00171. The van der Waals surface area contributed by atoms with E-state index in [0.717, 1.165) is 37.7 Å². The molecule has 1 aliphatic heterocycles. The zero-order valence-corrected chi connectivity index (χ0v) is 15.6. The Morgan fingerprint density at radius 1 is 1.38 bits per heavy atom. The molecule has 6 nitrogen and oxygen atoms in total. The Kier molecular flexibility index (Phi) is 6.66. The Morgan fingerprint density at radius 2 is 2.08 bits per heavy atom. The molecule has 0 spiro atoms. The third-order valence-electron chi connectivity index (χ3n) is 3.81. The molecular weight excluding hydrogens is 322 g/mol. The fraction of sp³-hybridized carbons (Fsp3) is 0.529. The van der Waals surface area contributed by atoms with Crippen LogP contribution in [-0.2, 0) is 4.79 Å². The van der Waals surface area contributed by atoms with E-state index in [1.807, 2.05) is 6.92 Å². The van der Waals surface area contributed by atoms with Gasteiger partial charge in [-0.1, -0.05) is 12.2 Å². The first-order chi connectivity index (χ1) is 11.5. The zero-order valence-electron chi connectivity index (χ0n) is 14.8. The molecule has 0 aliphatic carbocycles. The van der Waals surface area contributed by atoms with Gasteiger partial charge in [-0.25, -0.2) is 4.99 Å². The SMILES string of the molecule is C=C(C)CNC(=NCC(=O)N(C)C)N1CCN(c2cccs2)CC1. The van der Waals surface area contributed by atoms with Crippen LogP contribution in [0.25, 0.3) is 0 Å². The number of amides is 1. The average Bonchev–Trinajstić information content (AvgIpc) is 3.09. The lowest BCUT2D eigenvalue weighted by atomic mass is 10.3. The lowest BCUT2D eigenvalue weighted by molar-refractivity contribution is -0.127. The van der Waals surface area contributed by atoms with Crippen LogP contribution in [-0.4, -0.2) is 75.0 Å². The van der Waals surface area contributed by atoms with Gasteiger partial charge in [0.2, 0.25) is 5.91 Å². The lowest BCUT2D eigenvalue weighted by Crippen LogP contribution is -2.52. The number of nitrogens with one attached hydrogen (secondary N) is 1. The molecule has 2 rings (SSSR count). The number of hydrogen-bond acceptors (Lipinski definition) is 4. The minimum Gasteiger partial charge on any atom is -0.360 e. The molecule has 0 bridgehead atoms. The van der Waals surface area contributed by atoms with E-state index in [1.54, 1.807) is 30.3 Å². The van der Waals surface area contributed by atoms with Gasteiger partial charge in [0.05, 0.1) is 5.00 Å². The van der Waals surface area contributed by atoms with Crippen molar-refractivity contribution in [3.63, 3.8) is 0 Å². The summed E-state index contributed by atoms with van der Waals surface area (Å²) in [5.74, 6) is 0.792. The Bertz CT molecular complexity index is 574. The quantitative estimate of drug-likeness (QED) is 0.497. The third kappa shape index (κ3) is 5.26. The number of carbonyl (C=O) groups is 1. The summed E-state index contributed by atoms with van der Waals surface area (Å²) in [6, 6.07) is 4.24. The van der Waals surface area contributed by atoms with Gasteiger partial charge >= 0.3 is 0 Å². The van der Waals surface area contributed by atoms with E-state index in [2.05, 4.69) is 44.2 Å². The van der Waals surface area contributed by atoms with Gasteiger partial charge in [0.25, 0.3) is 0 Å². The summed E-state index contributed by atoms with van der Waals surface area (Å²) in [6.07, 6.45) is 0. The van der Waals surface area contributed by atoms with Crippen molar-refractivity contribution in [3.8, 4) is 0 Å². The molecule has 0 saturated carbocycles. The molecular formula is C17H27N5OS. The normalized spacial score (nSPS) is 15.4. The minimum absolute atomic E-state index is 0.00171. The highest BCUT2D eigenvalue weighted by atomic mass is 32.1. The molecule has 1 saturated heterocycles. The van der Waals surface area contributed by atoms with E-state index < -0.39 is 0 Å². The molecule has 132 valence electrons. The number of piperazine rings is 1. The molecule has 1 aromatic heterocycles. The topological polar surface area (TPSA) is 51.2 Å². The van der Waals surface area contributed by atoms with E-state index >= 15 is 0 Å². The van der Waals surface area contributed by atoms with Gasteiger partial charge in [0.1, 0.15) is 6.54 Å². The molecule has 0 aromatic carbocycles. The molecule has 1 aromatic rings. The maximum Gasteiger partial charge on any atom is 0.243 e. The third-order valence-corrected chi connectivity index (χ3v) is 4.74. The van der Waals surface area contributed by atoms with Gasteiger partial charge in [-0.15, -0.1) is 11.3 Å². The first-order valence-electron chi connectivity index (χ1n) is 8.13. The predicted molar refractivity (Wildman–Crippen MR) is 102 cm³/mol. The number of nitrogens with zero attached hydrogens (tertiary/aromatic N) is 4. The number of guanidine groups is 1. The number of carbonyl (C=O) groups excluding carboxylic acids is 1. The molecule has 0 atom stereocenters. The maximum atomic E-state index is 11.8. The van der Waals surface area contributed by atoms with Crippen molar-refractivity contribution in [2.24, 2.45) is 4.99 Å². The lowest BCUT2D eigenvalue weighted by Gasteiger charge is -2.37. The van der Waals surface area contributed by atoms with Gasteiger partial charge in [-0.05, 0) is 24.4 Å². The van der Waals surface area contributed by atoms with Crippen molar-refractivity contribution < 1.29 is 4.79 Å². The molecule has 0 radical (unpaired) electrons. The molecule has 7 heteroatoms. The Balaban J connectivity index is 1.97. The summed E-state index contributed by atoms with van der Waals surface area (Å²) < 4.78 is 0. The van der Waals surface area contributed by atoms with Crippen LogP contribution in [0.4, 0.5) is 5.00 Å². The smallest absolute Gasteiger partial charge is 0.243 e. The fourth-order valence-corrected chi connectivity index (χ4v) is 3.16. The van der Waals surface area contributed by atoms with E-state index in [-0.39, 0.29) is 12.5 Å². The summed E-state index contributed by atoms with van der Waals surface area (Å²) in [5, 5.41) is 6.74. The summed E-state index contributed by atoms with van der Waals surface area (Å²) in [5.41, 5.74) is 1.04. The van der Waals surface area contributed by atoms with E-state index in [4.69, 9.17) is 0 Å². The summed E-state index contributed by atoms with van der Waals surface area (Å²) in [6.45, 7) is 10.4. The molecule has 1 N–H and O–H groups in total. The standard InChI is InChI=1S/C17H27N5OS/c1-14(2)12-18-17(19-13-15(23)20(3)4)22-9-7-21(8-10-22)16-6-5-11-24-16/h5-6,11H,1,7-10,12-13H2,2-4H3,(H,18,19). The molecule has 1 aliphatic rings. The van der Waals surface area contributed by atoms with E-state index in [1.165, 1.54) is 5.00 Å². The molecule has 2 heterocycles. The second-order valence-electron chi connectivity index (χ2n) is 6.16. The highest BCUT2D eigenvalue weighted by Crippen LogP contribution is 2.22. The van der Waals surface area contributed by atoms with Crippen molar-refractivity contribution in [2.75, 3.05) is 58.3 Å². The first-order valence-corrected chi connectivity index (χ1v) is 9.01. The highest BCUT2D eigenvalue weighted by Gasteiger charge is 2.20. The van der Waals surface area contributed by atoms with Gasteiger partial charge in [0.15, 0.2) is 5.96 Å². The van der Waals surface area contributed by atoms with Crippen molar-refractivity contribution in [1.29, 1.82) is 0 Å². The van der Waals surface area contributed by atoms with Crippen LogP contribution in [0.1, 0.15) is 6.92 Å². The van der Waals surface area contributed by atoms with Crippen LogP contribution < -0.4 is 10.2 Å². The van der Waals surface area contributed by atoms with Crippen molar-refractivity contribution in [1.82, 2.24) is 15.1 Å². The second kappa shape index (κ2) is 8.73. The van der Waals surface area contributed by atoms with Gasteiger partial charge in [-0.3, -0.25) is 4.79 Å². The van der Waals surface area contributed by atoms with Gasteiger partial charge in [0, 0.05) is 46.8 Å². The van der Waals surface area contributed by atoms with Crippen LogP contribution in [0.5, 0.6) is 0 Å². The summed E-state index contributed by atoms with van der Waals surface area (Å²) >= 11 is 1.77. The Labute approximate surface area is 148 Å². The number of likely N-dealkylation sites (N-methyl/N-ethyl adjacent to an activating group) is 1. The predicted octanol–water partition coefficient (Wildman–Crippen LogP) is 1.48. The van der Waals surface area contributed by atoms with Crippen LogP contribution in [0.15, 0.2) is 34.7 Å². The molecule has 24 heavy (non-hydrogen) atoms. The van der Waals surface area contributed by atoms with Crippen LogP contribution in [0.3, 0.4) is 0 Å². The number of anilines is 1. The Hall–Kier alpha value is -2.02. The van der Waals surface area contributed by atoms with E-state index in [0.29, 0.717) is 6.54 Å². The summed E-state index contributed by atoms with van der Waals surface area (Å²) in [4.78, 5) is 22.5. The second-order valence-corrected chi connectivity index (χ2v) is 7.09. The van der Waals surface area contributed by atoms with Crippen molar-refractivity contribution >= 4 is 28.2 Å². The van der Waals surface area contributed by atoms with Crippen molar-refractivity contribution in [2.45, 2.75) is 6.92 Å². The zero-order chi connectivity index (χ0) is 17.5. The van der Waals surface area contributed by atoms with Gasteiger partial charge in [-0.2, -0.15) is 0 Å². The highest BCUT2D eigenvalue weighted by molar-refractivity contribution is 7.14. The Morgan fingerprint density at radius 3 is 2.62 bits per heavy atom. The number of thiophene rings is 1. The first kappa shape index (κ1) is 18.3. The molecule has 1 fully saturated rings. The van der Waals surface area contributed by atoms with Crippen LogP contribution >= 0.6 is 11.3 Å². The monoisotopic (exact) mass is 349 g/mol. The van der Waals surface area contributed by atoms with Crippen molar-refractivity contribution in [3.05, 3.63) is 29.7 Å². The average molecular weight is 350 g/mol. The van der Waals surface area contributed by atoms with Crippen LogP contribution in [0.2, 0.25) is 0 Å².